The first kappa shape index (κ1) is 27.6. The number of rotatable bonds is 6. The highest BCUT2D eigenvalue weighted by molar-refractivity contribution is 7.90. The molecule has 0 unspecified atom stereocenters. The van der Waals surface area contributed by atoms with Crippen molar-refractivity contribution in [3.63, 3.8) is 0 Å². The Hall–Kier alpha value is -4.91. The van der Waals surface area contributed by atoms with Gasteiger partial charge in [0.05, 0.1) is 17.8 Å². The van der Waals surface area contributed by atoms with Gasteiger partial charge >= 0.3 is 6.18 Å². The number of nitrogens with one attached hydrogen (secondary N) is 2. The first-order valence-corrected chi connectivity index (χ1v) is 13.4. The Kier molecular flexibility index (Phi) is 6.91. The molecule has 8 nitrogen and oxygen atoms in total. The number of carbonyl (C=O) groups excluding carboxylic acids is 1. The molecule has 0 aliphatic carbocycles. The van der Waals surface area contributed by atoms with Crippen molar-refractivity contribution in [1.29, 1.82) is 0 Å². The van der Waals surface area contributed by atoms with Crippen LogP contribution in [0.25, 0.3) is 22.0 Å². The number of para-hydroxylation sites is 1. The van der Waals surface area contributed by atoms with E-state index < -0.39 is 49.6 Å². The highest BCUT2D eigenvalue weighted by Gasteiger charge is 2.34. The van der Waals surface area contributed by atoms with Crippen molar-refractivity contribution in [3.8, 4) is 11.1 Å². The zero-order chi connectivity index (χ0) is 29.5. The summed E-state index contributed by atoms with van der Waals surface area (Å²) in [7, 11) is -4.59. The van der Waals surface area contributed by atoms with Gasteiger partial charge in [-0.15, -0.1) is 0 Å². The van der Waals surface area contributed by atoms with Crippen molar-refractivity contribution in [3.05, 3.63) is 118 Å². The van der Waals surface area contributed by atoms with E-state index in [0.717, 1.165) is 30.3 Å². The van der Waals surface area contributed by atoms with Crippen LogP contribution in [-0.2, 0) is 22.7 Å². The number of carbonyl (C=O) groups is 1. The van der Waals surface area contributed by atoms with Crippen LogP contribution in [-0.4, -0.2) is 23.9 Å². The zero-order valence-electron chi connectivity index (χ0n) is 20.9. The molecule has 1 amide bonds. The third kappa shape index (κ3) is 5.18. The topological polar surface area (TPSA) is 127 Å². The number of hydrogen-bond donors (Lipinski definition) is 3. The molecule has 0 saturated heterocycles. The molecule has 0 aliphatic heterocycles. The molecular formula is C28H20F4N4O4S. The van der Waals surface area contributed by atoms with E-state index >= 15 is 0 Å². The number of hydrogen-bond acceptors (Lipinski definition) is 5. The summed E-state index contributed by atoms with van der Waals surface area (Å²) >= 11 is 0. The van der Waals surface area contributed by atoms with Gasteiger partial charge in [-0.05, 0) is 48.5 Å². The average Bonchev–Trinajstić information content (AvgIpc) is 3.23. The summed E-state index contributed by atoms with van der Waals surface area (Å²) in [4.78, 5) is 28.7. The van der Waals surface area contributed by atoms with Crippen LogP contribution in [0.5, 0.6) is 0 Å². The summed E-state index contributed by atoms with van der Waals surface area (Å²) in [6.45, 7) is -0.379. The van der Waals surface area contributed by atoms with Crippen LogP contribution in [0.3, 0.4) is 0 Å². The summed E-state index contributed by atoms with van der Waals surface area (Å²) < 4.78 is 85.4. The number of sulfonamides is 1. The molecule has 0 spiro atoms. The van der Waals surface area contributed by atoms with Crippen molar-refractivity contribution in [1.82, 2.24) is 14.3 Å². The number of H-pyrrole nitrogens is 1. The molecule has 13 heteroatoms. The highest BCUT2D eigenvalue weighted by Crippen LogP contribution is 2.39. The molecule has 0 aliphatic rings. The fourth-order valence-electron chi connectivity index (χ4n) is 4.57. The minimum atomic E-state index is -4.78. The van der Waals surface area contributed by atoms with Crippen molar-refractivity contribution >= 4 is 32.5 Å². The minimum absolute atomic E-state index is 0.0290. The number of nitrogens with two attached hydrogens (primary N) is 1. The molecule has 2 aromatic heterocycles. The smallest absolute Gasteiger partial charge is 0.398 e. The molecule has 0 saturated carbocycles. The Labute approximate surface area is 230 Å². The summed E-state index contributed by atoms with van der Waals surface area (Å²) in [6, 6.07) is 16.2. The molecule has 0 bridgehead atoms. The van der Waals surface area contributed by atoms with Gasteiger partial charge in [0, 0.05) is 33.8 Å². The molecule has 4 N–H and O–H groups in total. The number of anilines is 1. The molecule has 3 aromatic carbocycles. The van der Waals surface area contributed by atoms with Crippen LogP contribution in [0.1, 0.15) is 21.6 Å². The van der Waals surface area contributed by atoms with E-state index in [2.05, 4.69) is 4.98 Å². The Morgan fingerprint density at radius 1 is 0.976 bits per heavy atom. The number of pyridine rings is 1. The van der Waals surface area contributed by atoms with E-state index in [1.165, 1.54) is 59.3 Å². The Balaban J connectivity index is 1.83. The molecule has 0 atom stereocenters. The van der Waals surface area contributed by atoms with Crippen LogP contribution in [0.4, 0.5) is 23.2 Å². The fraction of sp³-hybridized carbons (Fsp3) is 0.0714. The van der Waals surface area contributed by atoms with Crippen molar-refractivity contribution in [2.24, 2.45) is 0 Å². The van der Waals surface area contributed by atoms with Crippen LogP contribution in [0, 0.1) is 5.82 Å². The second-order valence-electron chi connectivity index (χ2n) is 9.02. The quantitative estimate of drug-likeness (QED) is 0.193. The molecule has 2 heterocycles. The van der Waals surface area contributed by atoms with E-state index in [1.54, 1.807) is 0 Å². The first-order chi connectivity index (χ1) is 19.4. The summed E-state index contributed by atoms with van der Waals surface area (Å²) in [5.74, 6) is -1.94. The monoisotopic (exact) mass is 584 g/mol. The molecule has 5 rings (SSSR count). The van der Waals surface area contributed by atoms with E-state index in [0.29, 0.717) is 0 Å². The molecule has 0 fully saturated rings. The Bertz CT molecular complexity index is 1980. The second kappa shape index (κ2) is 10.2. The summed E-state index contributed by atoms with van der Waals surface area (Å²) in [6.07, 6.45) is -3.49. The van der Waals surface area contributed by atoms with Crippen molar-refractivity contribution < 1.29 is 30.8 Å². The molecule has 5 aromatic rings. The highest BCUT2D eigenvalue weighted by atomic mass is 32.2. The average molecular weight is 585 g/mol. The Morgan fingerprint density at radius 2 is 1.68 bits per heavy atom. The number of nitrogens with zero attached hydrogens (tertiary/aromatic N) is 1. The predicted octanol–water partition coefficient (Wildman–Crippen LogP) is 4.90. The number of fused-ring (bicyclic) bond motifs is 1. The maximum absolute atomic E-state index is 14.7. The lowest BCUT2D eigenvalue weighted by atomic mass is 10.0. The molecule has 0 radical (unpaired) electrons. The number of nitrogen functional groups attached to an aromatic ring is 1. The van der Waals surface area contributed by atoms with Crippen LogP contribution in [0.15, 0.2) is 94.7 Å². The van der Waals surface area contributed by atoms with Gasteiger partial charge in [0.2, 0.25) is 0 Å². The van der Waals surface area contributed by atoms with Crippen LogP contribution in [0.2, 0.25) is 0 Å². The van der Waals surface area contributed by atoms with Gasteiger partial charge in [-0.1, -0.05) is 30.3 Å². The van der Waals surface area contributed by atoms with E-state index in [9.17, 15) is 35.6 Å². The predicted molar refractivity (Wildman–Crippen MR) is 144 cm³/mol. The third-order valence-electron chi connectivity index (χ3n) is 6.42. The first-order valence-electron chi connectivity index (χ1n) is 11.9. The van der Waals surface area contributed by atoms with E-state index in [-0.39, 0.29) is 39.8 Å². The van der Waals surface area contributed by atoms with Crippen LogP contribution >= 0.6 is 0 Å². The maximum atomic E-state index is 14.7. The maximum Gasteiger partial charge on any atom is 0.416 e. The van der Waals surface area contributed by atoms with Crippen LogP contribution < -0.4 is 16.0 Å². The number of benzene rings is 3. The lowest BCUT2D eigenvalue weighted by Crippen LogP contribution is -2.33. The number of alkyl halides is 3. The molecular weight excluding hydrogens is 564 g/mol. The van der Waals surface area contributed by atoms with Gasteiger partial charge in [0.25, 0.3) is 21.5 Å². The lowest BCUT2D eigenvalue weighted by Gasteiger charge is -2.14. The number of aromatic nitrogens is 2. The Morgan fingerprint density at radius 3 is 2.37 bits per heavy atom. The van der Waals surface area contributed by atoms with Crippen molar-refractivity contribution in [2.75, 3.05) is 5.73 Å². The van der Waals surface area contributed by atoms with Gasteiger partial charge in [0.15, 0.2) is 0 Å². The van der Waals surface area contributed by atoms with Gasteiger partial charge in [0.1, 0.15) is 16.4 Å². The SMILES string of the molecule is Nc1ccccc1S(=O)(=O)NC(=O)c1c(-c2ccc[nH]c2=O)c2cc(C(F)(F)F)ccc2n1Cc1ccccc1F. The number of amides is 1. The largest absolute Gasteiger partial charge is 0.416 e. The lowest BCUT2D eigenvalue weighted by molar-refractivity contribution is -0.137. The summed E-state index contributed by atoms with van der Waals surface area (Å²) in [5.41, 5.74) is 2.96. The van der Waals surface area contributed by atoms with E-state index in [1.807, 2.05) is 4.72 Å². The third-order valence-corrected chi connectivity index (χ3v) is 7.82. The van der Waals surface area contributed by atoms with Gasteiger partial charge in [-0.2, -0.15) is 13.2 Å². The van der Waals surface area contributed by atoms with Gasteiger partial charge < -0.3 is 15.3 Å². The zero-order valence-corrected chi connectivity index (χ0v) is 21.7. The van der Waals surface area contributed by atoms with Gasteiger partial charge in [-0.25, -0.2) is 17.5 Å². The summed E-state index contributed by atoms with van der Waals surface area (Å²) in [5, 5.41) is -0.172. The second-order valence-corrected chi connectivity index (χ2v) is 10.7. The molecule has 41 heavy (non-hydrogen) atoms. The fourth-order valence-corrected chi connectivity index (χ4v) is 5.66. The normalized spacial score (nSPS) is 12.0. The van der Waals surface area contributed by atoms with E-state index in [4.69, 9.17) is 5.73 Å². The number of halogens is 4. The standard InChI is InChI=1S/C28H20F4N4O4S/c29-20-8-2-1-6-16(20)15-36-22-12-11-17(28(30,31)32)14-19(22)24(18-7-5-13-34-26(18)37)25(36)27(38)35-41(39,40)23-10-4-3-9-21(23)33/h1-14H,15,33H2,(H,34,37)(H,35,38). The number of aromatic amines is 1. The molecule has 210 valence electrons. The minimum Gasteiger partial charge on any atom is -0.398 e. The van der Waals surface area contributed by atoms with Crippen molar-refractivity contribution in [2.45, 2.75) is 17.6 Å². The van der Waals surface area contributed by atoms with Gasteiger partial charge in [-0.3, -0.25) is 9.59 Å².